The molecule has 0 atom stereocenters. The van der Waals surface area contributed by atoms with Gasteiger partial charge in [-0.25, -0.2) is 12.8 Å². The summed E-state index contributed by atoms with van der Waals surface area (Å²) in [6, 6.07) is 5.08. The zero-order chi connectivity index (χ0) is 14.2. The molecule has 1 aromatic carbocycles. The molecule has 0 N–H and O–H groups in total. The third-order valence-electron chi connectivity index (χ3n) is 3.73. The number of hydrogen-bond acceptors (Lipinski definition) is 4. The highest BCUT2D eigenvalue weighted by molar-refractivity contribution is 7.89. The first-order valence-electron chi connectivity index (χ1n) is 6.56. The third kappa shape index (κ3) is 2.46. The molecule has 0 saturated carbocycles. The van der Waals surface area contributed by atoms with E-state index in [0.29, 0.717) is 39.1 Å². The Morgan fingerprint density at radius 3 is 2.40 bits per heavy atom. The topological polar surface area (TPSA) is 55.8 Å². The second kappa shape index (κ2) is 5.07. The van der Waals surface area contributed by atoms with Crippen LogP contribution in [-0.2, 0) is 19.5 Å². The molecule has 3 rings (SSSR count). The average molecular weight is 301 g/mol. The van der Waals surface area contributed by atoms with Crippen LogP contribution in [0.25, 0.3) is 0 Å². The van der Waals surface area contributed by atoms with Crippen LogP contribution in [0.15, 0.2) is 29.2 Å². The molecule has 0 unspecified atom stereocenters. The second-order valence-electron chi connectivity index (χ2n) is 4.97. The predicted molar refractivity (Wildman–Crippen MR) is 69.0 cm³/mol. The SMILES string of the molecule is O=S(=O)(c1cccc(F)c1)N1CCC2(CC1)OCCO2. The molecule has 20 heavy (non-hydrogen) atoms. The molecule has 5 nitrogen and oxygen atoms in total. The minimum Gasteiger partial charge on any atom is -0.347 e. The Hall–Kier alpha value is -1.02. The molecule has 2 aliphatic heterocycles. The summed E-state index contributed by atoms with van der Waals surface area (Å²) in [7, 11) is -3.65. The number of halogens is 1. The van der Waals surface area contributed by atoms with E-state index in [2.05, 4.69) is 0 Å². The van der Waals surface area contributed by atoms with Crippen molar-refractivity contribution in [2.45, 2.75) is 23.5 Å². The van der Waals surface area contributed by atoms with Crippen LogP contribution in [0.4, 0.5) is 4.39 Å². The van der Waals surface area contributed by atoms with Gasteiger partial charge in [-0.05, 0) is 18.2 Å². The molecular formula is C13H16FNO4S. The molecule has 1 aromatic rings. The van der Waals surface area contributed by atoms with E-state index >= 15 is 0 Å². The van der Waals surface area contributed by atoms with Crippen LogP contribution in [0.2, 0.25) is 0 Å². The highest BCUT2D eigenvalue weighted by atomic mass is 32.2. The van der Waals surface area contributed by atoms with Gasteiger partial charge >= 0.3 is 0 Å². The zero-order valence-electron chi connectivity index (χ0n) is 10.9. The van der Waals surface area contributed by atoms with Crippen LogP contribution in [0, 0.1) is 5.82 Å². The van der Waals surface area contributed by atoms with Gasteiger partial charge in [0.2, 0.25) is 10.0 Å². The number of hydrogen-bond donors (Lipinski definition) is 0. The molecule has 110 valence electrons. The van der Waals surface area contributed by atoms with Crippen molar-refractivity contribution >= 4 is 10.0 Å². The van der Waals surface area contributed by atoms with E-state index in [0.717, 1.165) is 6.07 Å². The summed E-state index contributed by atoms with van der Waals surface area (Å²) in [5.74, 6) is -1.17. The van der Waals surface area contributed by atoms with Gasteiger partial charge < -0.3 is 9.47 Å². The van der Waals surface area contributed by atoms with Gasteiger partial charge in [-0.1, -0.05) is 6.07 Å². The largest absolute Gasteiger partial charge is 0.347 e. The van der Waals surface area contributed by atoms with E-state index in [1.807, 2.05) is 0 Å². The highest BCUT2D eigenvalue weighted by Gasteiger charge is 2.42. The van der Waals surface area contributed by atoms with Crippen LogP contribution >= 0.6 is 0 Å². The van der Waals surface area contributed by atoms with Gasteiger partial charge in [0.25, 0.3) is 0 Å². The van der Waals surface area contributed by atoms with E-state index in [9.17, 15) is 12.8 Å². The second-order valence-corrected chi connectivity index (χ2v) is 6.91. The number of ether oxygens (including phenoxy) is 2. The Morgan fingerprint density at radius 2 is 1.80 bits per heavy atom. The number of nitrogens with zero attached hydrogens (tertiary/aromatic N) is 1. The van der Waals surface area contributed by atoms with Crippen molar-refractivity contribution in [1.29, 1.82) is 0 Å². The van der Waals surface area contributed by atoms with Crippen molar-refractivity contribution in [3.63, 3.8) is 0 Å². The van der Waals surface area contributed by atoms with Crippen LogP contribution < -0.4 is 0 Å². The normalized spacial score (nSPS) is 23.2. The molecule has 2 heterocycles. The molecule has 0 radical (unpaired) electrons. The molecular weight excluding hydrogens is 285 g/mol. The van der Waals surface area contributed by atoms with Gasteiger partial charge in [-0.15, -0.1) is 0 Å². The summed E-state index contributed by atoms with van der Waals surface area (Å²) in [6.07, 6.45) is 1.00. The summed E-state index contributed by atoms with van der Waals surface area (Å²) in [4.78, 5) is -0.0123. The Balaban J connectivity index is 1.77. The molecule has 7 heteroatoms. The Kier molecular flexibility index (Phi) is 3.53. The maximum atomic E-state index is 13.2. The summed E-state index contributed by atoms with van der Waals surface area (Å²) >= 11 is 0. The van der Waals surface area contributed by atoms with Crippen LogP contribution in [-0.4, -0.2) is 44.8 Å². The zero-order valence-corrected chi connectivity index (χ0v) is 11.7. The quantitative estimate of drug-likeness (QED) is 0.827. The Morgan fingerprint density at radius 1 is 1.15 bits per heavy atom. The van der Waals surface area contributed by atoms with Gasteiger partial charge in [0.05, 0.1) is 18.1 Å². The fourth-order valence-corrected chi connectivity index (χ4v) is 4.10. The van der Waals surface area contributed by atoms with Crippen molar-refractivity contribution < 1.29 is 22.3 Å². The maximum absolute atomic E-state index is 13.2. The standard InChI is InChI=1S/C13H16FNO4S/c14-11-2-1-3-12(10-11)20(16,17)15-6-4-13(5-7-15)18-8-9-19-13/h1-3,10H,4-9H2. The van der Waals surface area contributed by atoms with Crippen LogP contribution in [0.5, 0.6) is 0 Å². The van der Waals surface area contributed by atoms with Crippen molar-refractivity contribution in [1.82, 2.24) is 4.31 Å². The van der Waals surface area contributed by atoms with Crippen molar-refractivity contribution in [2.24, 2.45) is 0 Å². The summed E-state index contributed by atoms with van der Waals surface area (Å²) in [5, 5.41) is 0. The average Bonchev–Trinajstić information content (AvgIpc) is 2.87. The number of rotatable bonds is 2. The lowest BCUT2D eigenvalue weighted by atomic mass is 10.1. The van der Waals surface area contributed by atoms with E-state index in [4.69, 9.17) is 9.47 Å². The molecule has 0 aliphatic carbocycles. The van der Waals surface area contributed by atoms with Gasteiger partial charge in [-0.3, -0.25) is 0 Å². The molecule has 2 fully saturated rings. The predicted octanol–water partition coefficient (Wildman–Crippen LogP) is 1.35. The molecule has 0 amide bonds. The molecule has 2 aliphatic rings. The van der Waals surface area contributed by atoms with E-state index < -0.39 is 21.6 Å². The van der Waals surface area contributed by atoms with Crippen LogP contribution in [0.3, 0.4) is 0 Å². The summed E-state index contributed by atoms with van der Waals surface area (Å²) < 4.78 is 50.5. The van der Waals surface area contributed by atoms with E-state index in [1.165, 1.54) is 22.5 Å². The lowest BCUT2D eigenvalue weighted by Gasteiger charge is -2.36. The molecule has 2 saturated heterocycles. The highest BCUT2D eigenvalue weighted by Crippen LogP contribution is 2.33. The van der Waals surface area contributed by atoms with Gasteiger partial charge in [0.15, 0.2) is 5.79 Å². The molecule has 0 aromatic heterocycles. The van der Waals surface area contributed by atoms with E-state index in [1.54, 1.807) is 0 Å². The van der Waals surface area contributed by atoms with Crippen molar-refractivity contribution in [3.05, 3.63) is 30.1 Å². The van der Waals surface area contributed by atoms with Gasteiger partial charge in [-0.2, -0.15) is 4.31 Å². The number of piperidine rings is 1. The van der Waals surface area contributed by atoms with Gasteiger partial charge in [0, 0.05) is 25.9 Å². The third-order valence-corrected chi connectivity index (χ3v) is 5.63. The fraction of sp³-hybridized carbons (Fsp3) is 0.538. The smallest absolute Gasteiger partial charge is 0.243 e. The molecule has 1 spiro atoms. The minimum absolute atomic E-state index is 0.0123. The minimum atomic E-state index is -3.65. The summed E-state index contributed by atoms with van der Waals surface area (Å²) in [5.41, 5.74) is 0. The first kappa shape index (κ1) is 13.9. The van der Waals surface area contributed by atoms with Crippen molar-refractivity contribution in [2.75, 3.05) is 26.3 Å². The summed E-state index contributed by atoms with van der Waals surface area (Å²) in [6.45, 7) is 1.74. The van der Waals surface area contributed by atoms with Crippen LogP contribution in [0.1, 0.15) is 12.8 Å². The Labute approximate surface area is 117 Å². The molecule has 0 bridgehead atoms. The maximum Gasteiger partial charge on any atom is 0.243 e. The Bertz CT molecular complexity index is 588. The van der Waals surface area contributed by atoms with E-state index in [-0.39, 0.29) is 4.90 Å². The van der Waals surface area contributed by atoms with Gasteiger partial charge in [0.1, 0.15) is 5.82 Å². The number of benzene rings is 1. The first-order chi connectivity index (χ1) is 9.52. The first-order valence-corrected chi connectivity index (χ1v) is 8.00. The number of sulfonamides is 1. The lowest BCUT2D eigenvalue weighted by Crippen LogP contribution is -2.47. The van der Waals surface area contributed by atoms with Crippen molar-refractivity contribution in [3.8, 4) is 0 Å². The fourth-order valence-electron chi connectivity index (χ4n) is 2.63. The lowest BCUT2D eigenvalue weighted by molar-refractivity contribution is -0.179. The monoisotopic (exact) mass is 301 g/mol.